The fourth-order valence-corrected chi connectivity index (χ4v) is 1.28. The van der Waals surface area contributed by atoms with Gasteiger partial charge in [-0.2, -0.15) is 0 Å². The lowest BCUT2D eigenvalue weighted by atomic mass is 10.1. The Morgan fingerprint density at radius 2 is 1.94 bits per heavy atom. The molecule has 1 aromatic rings. The van der Waals surface area contributed by atoms with Crippen LogP contribution in [0.15, 0.2) is 18.2 Å². The van der Waals surface area contributed by atoms with E-state index in [1.54, 1.807) is 0 Å². The minimum Gasteiger partial charge on any atom is -0.491 e. The zero-order chi connectivity index (χ0) is 12.8. The molecule has 0 saturated heterocycles. The standard InChI is InChI=1S/C14H23NO2/c1-5-8-16-14-9-12(6-7-13(14)15)17-11(4)10(2)3/h6-7,9-11H,5,8,15H2,1-4H3. The van der Waals surface area contributed by atoms with E-state index in [1.807, 2.05) is 18.2 Å². The summed E-state index contributed by atoms with van der Waals surface area (Å²) in [6.07, 6.45) is 1.14. The molecule has 0 aliphatic carbocycles. The highest BCUT2D eigenvalue weighted by molar-refractivity contribution is 5.55. The van der Waals surface area contributed by atoms with Crippen LogP contribution in [0.1, 0.15) is 34.1 Å². The third-order valence-electron chi connectivity index (χ3n) is 2.71. The maximum Gasteiger partial charge on any atom is 0.145 e. The molecule has 0 aliphatic rings. The zero-order valence-electron chi connectivity index (χ0n) is 11.2. The molecule has 0 amide bonds. The van der Waals surface area contributed by atoms with Crippen molar-refractivity contribution in [1.29, 1.82) is 0 Å². The molecule has 1 unspecified atom stereocenters. The molecule has 0 aliphatic heterocycles. The summed E-state index contributed by atoms with van der Waals surface area (Å²) in [5, 5.41) is 0. The minimum absolute atomic E-state index is 0.178. The summed E-state index contributed by atoms with van der Waals surface area (Å²) in [5.41, 5.74) is 6.50. The molecule has 0 saturated carbocycles. The maximum atomic E-state index is 5.84. The number of anilines is 1. The predicted molar refractivity (Wildman–Crippen MR) is 71.6 cm³/mol. The highest BCUT2D eigenvalue weighted by Gasteiger charge is 2.10. The summed E-state index contributed by atoms with van der Waals surface area (Å²) >= 11 is 0. The Hall–Kier alpha value is -1.38. The Bertz CT molecular complexity index is 350. The summed E-state index contributed by atoms with van der Waals surface area (Å²) in [5.74, 6) is 2.00. The first-order valence-electron chi connectivity index (χ1n) is 6.23. The average Bonchev–Trinajstić information content (AvgIpc) is 2.29. The van der Waals surface area contributed by atoms with Crippen molar-refractivity contribution < 1.29 is 9.47 Å². The van der Waals surface area contributed by atoms with E-state index in [4.69, 9.17) is 15.2 Å². The van der Waals surface area contributed by atoms with Crippen molar-refractivity contribution in [3.63, 3.8) is 0 Å². The Morgan fingerprint density at radius 1 is 1.24 bits per heavy atom. The van der Waals surface area contributed by atoms with Crippen LogP contribution in [-0.4, -0.2) is 12.7 Å². The fourth-order valence-electron chi connectivity index (χ4n) is 1.28. The van der Waals surface area contributed by atoms with Crippen molar-refractivity contribution in [2.24, 2.45) is 5.92 Å². The van der Waals surface area contributed by atoms with Crippen LogP contribution in [0.25, 0.3) is 0 Å². The second kappa shape index (κ2) is 6.38. The molecule has 0 spiro atoms. The van der Waals surface area contributed by atoms with E-state index in [0.29, 0.717) is 24.0 Å². The van der Waals surface area contributed by atoms with Gasteiger partial charge in [0.1, 0.15) is 11.5 Å². The van der Waals surface area contributed by atoms with Gasteiger partial charge >= 0.3 is 0 Å². The van der Waals surface area contributed by atoms with Crippen molar-refractivity contribution in [3.8, 4) is 11.5 Å². The smallest absolute Gasteiger partial charge is 0.145 e. The number of hydrogen-bond acceptors (Lipinski definition) is 3. The van der Waals surface area contributed by atoms with Gasteiger partial charge in [-0.25, -0.2) is 0 Å². The van der Waals surface area contributed by atoms with E-state index >= 15 is 0 Å². The summed E-state index contributed by atoms with van der Waals surface area (Å²) in [7, 11) is 0. The van der Waals surface area contributed by atoms with Crippen LogP contribution in [0.4, 0.5) is 5.69 Å². The third kappa shape index (κ3) is 4.17. The van der Waals surface area contributed by atoms with Gasteiger partial charge in [0, 0.05) is 6.07 Å². The lowest BCUT2D eigenvalue weighted by Crippen LogP contribution is -2.18. The Balaban J connectivity index is 2.74. The Labute approximate surface area is 104 Å². The normalized spacial score (nSPS) is 12.5. The molecular formula is C14H23NO2. The predicted octanol–water partition coefficient (Wildman–Crippen LogP) is 3.48. The second-order valence-corrected chi connectivity index (χ2v) is 4.62. The molecule has 1 atom stereocenters. The van der Waals surface area contributed by atoms with Gasteiger partial charge in [-0.1, -0.05) is 20.8 Å². The number of ether oxygens (including phenoxy) is 2. The third-order valence-corrected chi connectivity index (χ3v) is 2.71. The molecule has 1 aromatic carbocycles. The molecule has 3 heteroatoms. The van der Waals surface area contributed by atoms with Gasteiger partial charge in [0.25, 0.3) is 0 Å². The SMILES string of the molecule is CCCOc1cc(OC(C)C(C)C)ccc1N. The maximum absolute atomic E-state index is 5.84. The van der Waals surface area contributed by atoms with Crippen molar-refractivity contribution >= 4 is 5.69 Å². The number of hydrogen-bond donors (Lipinski definition) is 1. The zero-order valence-corrected chi connectivity index (χ0v) is 11.2. The number of nitrogens with two attached hydrogens (primary N) is 1. The molecule has 0 aromatic heterocycles. The quantitative estimate of drug-likeness (QED) is 0.770. The fraction of sp³-hybridized carbons (Fsp3) is 0.571. The van der Waals surface area contributed by atoms with Crippen LogP contribution in [0.3, 0.4) is 0 Å². The van der Waals surface area contributed by atoms with E-state index in [-0.39, 0.29) is 6.10 Å². The van der Waals surface area contributed by atoms with Crippen molar-refractivity contribution in [1.82, 2.24) is 0 Å². The molecule has 0 heterocycles. The van der Waals surface area contributed by atoms with Crippen molar-refractivity contribution in [2.75, 3.05) is 12.3 Å². The van der Waals surface area contributed by atoms with Crippen molar-refractivity contribution in [3.05, 3.63) is 18.2 Å². The van der Waals surface area contributed by atoms with Gasteiger partial charge in [-0.3, -0.25) is 0 Å². The van der Waals surface area contributed by atoms with Gasteiger partial charge in [-0.05, 0) is 31.4 Å². The molecule has 0 bridgehead atoms. The summed E-state index contributed by atoms with van der Waals surface area (Å²) in [6, 6.07) is 5.57. The van der Waals surface area contributed by atoms with Gasteiger partial charge in [0.05, 0.1) is 18.4 Å². The average molecular weight is 237 g/mol. The lowest BCUT2D eigenvalue weighted by Gasteiger charge is -2.19. The van der Waals surface area contributed by atoms with Crippen LogP contribution in [0.5, 0.6) is 11.5 Å². The molecule has 1 rings (SSSR count). The largest absolute Gasteiger partial charge is 0.491 e. The van der Waals surface area contributed by atoms with E-state index in [0.717, 1.165) is 12.2 Å². The van der Waals surface area contributed by atoms with E-state index in [2.05, 4.69) is 27.7 Å². The molecule has 0 fully saturated rings. The van der Waals surface area contributed by atoms with Crippen LogP contribution in [0.2, 0.25) is 0 Å². The number of benzene rings is 1. The van der Waals surface area contributed by atoms with E-state index < -0.39 is 0 Å². The molecule has 96 valence electrons. The van der Waals surface area contributed by atoms with Crippen molar-refractivity contribution in [2.45, 2.75) is 40.2 Å². The molecule has 3 nitrogen and oxygen atoms in total. The van der Waals surface area contributed by atoms with Crippen LogP contribution < -0.4 is 15.2 Å². The first-order chi connectivity index (χ1) is 8.04. The monoisotopic (exact) mass is 237 g/mol. The first-order valence-corrected chi connectivity index (χ1v) is 6.23. The van der Waals surface area contributed by atoms with Crippen LogP contribution in [-0.2, 0) is 0 Å². The summed E-state index contributed by atoms with van der Waals surface area (Å²) in [4.78, 5) is 0. The summed E-state index contributed by atoms with van der Waals surface area (Å²) < 4.78 is 11.4. The van der Waals surface area contributed by atoms with E-state index in [9.17, 15) is 0 Å². The second-order valence-electron chi connectivity index (χ2n) is 4.62. The highest BCUT2D eigenvalue weighted by Crippen LogP contribution is 2.28. The highest BCUT2D eigenvalue weighted by atomic mass is 16.5. The number of nitrogen functional groups attached to an aromatic ring is 1. The number of rotatable bonds is 6. The Kier molecular flexibility index (Phi) is 5.13. The van der Waals surface area contributed by atoms with Gasteiger partial charge in [0.2, 0.25) is 0 Å². The van der Waals surface area contributed by atoms with Gasteiger partial charge in [-0.15, -0.1) is 0 Å². The molecular weight excluding hydrogens is 214 g/mol. The summed E-state index contributed by atoms with van der Waals surface area (Å²) in [6.45, 7) is 9.07. The van der Waals surface area contributed by atoms with Crippen LogP contribution >= 0.6 is 0 Å². The van der Waals surface area contributed by atoms with E-state index in [1.165, 1.54) is 0 Å². The topological polar surface area (TPSA) is 44.5 Å². The first kappa shape index (κ1) is 13.7. The molecule has 2 N–H and O–H groups in total. The minimum atomic E-state index is 0.178. The molecule has 17 heavy (non-hydrogen) atoms. The van der Waals surface area contributed by atoms with Gasteiger partial charge < -0.3 is 15.2 Å². The molecule has 0 radical (unpaired) electrons. The van der Waals surface area contributed by atoms with Gasteiger partial charge in [0.15, 0.2) is 0 Å². The lowest BCUT2D eigenvalue weighted by molar-refractivity contribution is 0.169. The van der Waals surface area contributed by atoms with Crippen LogP contribution in [0, 0.1) is 5.92 Å². The Morgan fingerprint density at radius 3 is 2.53 bits per heavy atom.